The van der Waals surface area contributed by atoms with Gasteiger partial charge in [-0.2, -0.15) is 0 Å². The van der Waals surface area contributed by atoms with Crippen molar-refractivity contribution in [3.05, 3.63) is 41.5 Å². The van der Waals surface area contributed by atoms with Crippen molar-refractivity contribution < 1.29 is 19.1 Å². The van der Waals surface area contributed by atoms with Gasteiger partial charge in [-0.1, -0.05) is 135 Å². The molecule has 0 amide bonds. The average Bonchev–Trinajstić information content (AvgIpc) is 3.00. The molecule has 42 heavy (non-hydrogen) atoms. The van der Waals surface area contributed by atoms with Crippen LogP contribution in [0.25, 0.3) is 16.8 Å². The highest BCUT2D eigenvalue weighted by Crippen LogP contribution is 2.35. The van der Waals surface area contributed by atoms with E-state index in [-0.39, 0.29) is 0 Å². The van der Waals surface area contributed by atoms with Crippen LogP contribution in [0.2, 0.25) is 0 Å². The molecule has 4 heteroatoms. The van der Waals surface area contributed by atoms with Crippen molar-refractivity contribution in [3.63, 3.8) is 0 Å². The number of allylic oxidation sites excluding steroid dienone is 1. The van der Waals surface area contributed by atoms with E-state index < -0.39 is 11.6 Å². The predicted molar refractivity (Wildman–Crippen MR) is 177 cm³/mol. The first-order chi connectivity index (χ1) is 20.6. The van der Waals surface area contributed by atoms with E-state index in [2.05, 4.69) is 13.8 Å². The lowest BCUT2D eigenvalue weighted by atomic mass is 9.92. The summed E-state index contributed by atoms with van der Waals surface area (Å²) in [4.78, 5) is 24.4. The third-order valence-corrected chi connectivity index (χ3v) is 8.46. The summed E-state index contributed by atoms with van der Waals surface area (Å²) in [6.45, 7) is 5.86. The van der Waals surface area contributed by atoms with Gasteiger partial charge in [-0.3, -0.25) is 9.59 Å². The summed E-state index contributed by atoms with van der Waals surface area (Å²) in [6, 6.07) is 7.82. The van der Waals surface area contributed by atoms with Crippen molar-refractivity contribution >= 4 is 28.4 Å². The maximum Gasteiger partial charge on any atom is 0.233 e. The molecule has 0 aromatic heterocycles. The Morgan fingerprint density at radius 3 is 1.33 bits per heavy atom. The molecule has 0 saturated carbocycles. The Kier molecular flexibility index (Phi) is 16.4. The summed E-state index contributed by atoms with van der Waals surface area (Å²) in [6.07, 6.45) is 28.9. The van der Waals surface area contributed by atoms with Crippen LogP contribution in [0.4, 0.5) is 0 Å². The van der Waals surface area contributed by atoms with Crippen LogP contribution in [0.15, 0.2) is 30.3 Å². The fourth-order valence-corrected chi connectivity index (χ4v) is 5.80. The number of ketones is 2. The molecule has 1 aliphatic carbocycles. The van der Waals surface area contributed by atoms with Crippen molar-refractivity contribution in [2.45, 2.75) is 142 Å². The van der Waals surface area contributed by atoms with Gasteiger partial charge in [0.05, 0.1) is 13.2 Å². The molecule has 0 spiro atoms. The lowest BCUT2D eigenvalue weighted by Crippen LogP contribution is -2.16. The smallest absolute Gasteiger partial charge is 0.233 e. The van der Waals surface area contributed by atoms with E-state index in [1.807, 2.05) is 24.3 Å². The van der Waals surface area contributed by atoms with Gasteiger partial charge >= 0.3 is 0 Å². The zero-order valence-corrected chi connectivity index (χ0v) is 26.7. The second-order valence-electron chi connectivity index (χ2n) is 12.2. The van der Waals surface area contributed by atoms with Crippen molar-refractivity contribution in [3.8, 4) is 11.5 Å². The summed E-state index contributed by atoms with van der Waals surface area (Å²) >= 11 is 0. The van der Waals surface area contributed by atoms with Gasteiger partial charge in [-0.25, -0.2) is 0 Å². The van der Waals surface area contributed by atoms with E-state index in [0.717, 1.165) is 40.7 Å². The van der Waals surface area contributed by atoms with Crippen molar-refractivity contribution in [2.75, 3.05) is 13.2 Å². The van der Waals surface area contributed by atoms with Gasteiger partial charge in [-0.15, -0.1) is 0 Å². The highest BCUT2D eigenvalue weighted by atomic mass is 16.5. The number of benzene rings is 2. The minimum Gasteiger partial charge on any atom is -0.490 e. The second kappa shape index (κ2) is 20.3. The summed E-state index contributed by atoms with van der Waals surface area (Å²) in [5, 5.41) is 1.89. The SMILES string of the molecule is CCCCCCCCCCCCOc1cc2cc3c(cc2cc1OCCCCCCCCCCCC)C(=O)C(=O)C=C3. The molecule has 0 saturated heterocycles. The third kappa shape index (κ3) is 11.9. The summed E-state index contributed by atoms with van der Waals surface area (Å²) in [7, 11) is 0. The second-order valence-corrected chi connectivity index (χ2v) is 12.2. The van der Waals surface area contributed by atoms with Gasteiger partial charge < -0.3 is 9.47 Å². The van der Waals surface area contributed by atoms with Crippen molar-refractivity contribution in [1.82, 2.24) is 0 Å². The molecule has 1 aliphatic rings. The van der Waals surface area contributed by atoms with Crippen LogP contribution in [0.5, 0.6) is 11.5 Å². The van der Waals surface area contributed by atoms with E-state index in [1.165, 1.54) is 122 Å². The van der Waals surface area contributed by atoms with Crippen LogP contribution in [0.1, 0.15) is 158 Å². The molecular weight excluding hydrogens is 520 g/mol. The Labute approximate surface area is 255 Å². The number of fused-ring (bicyclic) bond motifs is 2. The molecule has 3 rings (SSSR count). The molecule has 0 aliphatic heterocycles. The van der Waals surface area contributed by atoms with E-state index in [0.29, 0.717) is 18.8 Å². The largest absolute Gasteiger partial charge is 0.490 e. The fraction of sp³-hybridized carbons (Fsp3) is 0.632. The van der Waals surface area contributed by atoms with Crippen LogP contribution in [-0.4, -0.2) is 24.8 Å². The Morgan fingerprint density at radius 1 is 0.476 bits per heavy atom. The average molecular weight is 577 g/mol. The molecule has 0 radical (unpaired) electrons. The Balaban J connectivity index is 1.50. The van der Waals surface area contributed by atoms with Crippen LogP contribution in [0.3, 0.4) is 0 Å². The van der Waals surface area contributed by atoms with Gasteiger partial charge in [0.25, 0.3) is 0 Å². The first-order valence-corrected chi connectivity index (χ1v) is 17.3. The maximum absolute atomic E-state index is 12.5. The van der Waals surface area contributed by atoms with Gasteiger partial charge in [-0.05, 0) is 59.5 Å². The minimum atomic E-state index is -0.462. The molecule has 2 aromatic rings. The number of hydrogen-bond acceptors (Lipinski definition) is 4. The molecule has 2 aromatic carbocycles. The lowest BCUT2D eigenvalue weighted by Gasteiger charge is -2.16. The highest BCUT2D eigenvalue weighted by molar-refractivity contribution is 6.50. The summed E-state index contributed by atoms with van der Waals surface area (Å²) in [5.41, 5.74) is 1.25. The van der Waals surface area contributed by atoms with Gasteiger partial charge in [0.1, 0.15) is 0 Å². The molecule has 0 bridgehead atoms. The molecule has 0 fully saturated rings. The number of carbonyl (C=O) groups excluding carboxylic acids is 2. The molecule has 0 unspecified atom stereocenters. The first-order valence-electron chi connectivity index (χ1n) is 17.3. The summed E-state index contributed by atoms with van der Waals surface area (Å²) < 4.78 is 12.6. The molecule has 0 atom stereocenters. The Hall–Kier alpha value is -2.62. The number of rotatable bonds is 24. The fourth-order valence-electron chi connectivity index (χ4n) is 5.80. The molecule has 4 nitrogen and oxygen atoms in total. The van der Waals surface area contributed by atoms with E-state index >= 15 is 0 Å². The normalized spacial score (nSPS) is 12.7. The standard InChI is InChI=1S/C38H56O4/c1-3-5-7-9-11-13-15-17-19-21-25-41-36-29-32-27-31-23-24-35(39)38(40)34(31)28-33(32)30-37(36)42-26-22-20-18-16-14-12-10-8-6-4-2/h23-24,27-30H,3-22,25-26H2,1-2H3. The number of carbonyl (C=O) groups is 2. The van der Waals surface area contributed by atoms with E-state index in [9.17, 15) is 9.59 Å². The topological polar surface area (TPSA) is 52.6 Å². The lowest BCUT2D eigenvalue weighted by molar-refractivity contribution is -0.110. The predicted octanol–water partition coefficient (Wildman–Crippen LogP) is 11.2. The number of ether oxygens (including phenoxy) is 2. The Morgan fingerprint density at radius 2 is 0.881 bits per heavy atom. The Bertz CT molecular complexity index is 1120. The highest BCUT2D eigenvalue weighted by Gasteiger charge is 2.22. The van der Waals surface area contributed by atoms with Gasteiger partial charge in [0, 0.05) is 5.56 Å². The molecular formula is C38H56O4. The first kappa shape index (κ1) is 33.9. The van der Waals surface area contributed by atoms with Crippen molar-refractivity contribution in [2.24, 2.45) is 0 Å². The molecule has 0 heterocycles. The van der Waals surface area contributed by atoms with Gasteiger partial charge in [0.2, 0.25) is 11.6 Å². The number of Topliss-reactive ketones (excluding diaryl/α,β-unsaturated/α-hetero) is 1. The van der Waals surface area contributed by atoms with Crippen LogP contribution in [0, 0.1) is 0 Å². The minimum absolute atomic E-state index is 0.441. The number of hydrogen-bond donors (Lipinski definition) is 0. The van der Waals surface area contributed by atoms with Crippen LogP contribution < -0.4 is 9.47 Å². The van der Waals surface area contributed by atoms with E-state index in [4.69, 9.17) is 9.47 Å². The third-order valence-electron chi connectivity index (χ3n) is 8.46. The van der Waals surface area contributed by atoms with Crippen LogP contribution >= 0.6 is 0 Å². The zero-order chi connectivity index (χ0) is 29.8. The number of unbranched alkanes of at least 4 members (excludes halogenated alkanes) is 18. The van der Waals surface area contributed by atoms with Crippen molar-refractivity contribution in [1.29, 1.82) is 0 Å². The zero-order valence-electron chi connectivity index (χ0n) is 26.7. The summed E-state index contributed by atoms with van der Waals surface area (Å²) in [5.74, 6) is 0.600. The molecule has 232 valence electrons. The monoisotopic (exact) mass is 576 g/mol. The quantitative estimate of drug-likeness (QED) is 0.0921. The maximum atomic E-state index is 12.5. The van der Waals surface area contributed by atoms with E-state index in [1.54, 1.807) is 6.08 Å². The van der Waals surface area contributed by atoms with Crippen LogP contribution in [-0.2, 0) is 4.79 Å². The molecule has 0 N–H and O–H groups in total. The van der Waals surface area contributed by atoms with Gasteiger partial charge in [0.15, 0.2) is 11.5 Å².